The van der Waals surface area contributed by atoms with Crippen LogP contribution in [-0.2, 0) is 4.79 Å². The summed E-state index contributed by atoms with van der Waals surface area (Å²) in [5.74, 6) is 2.04. The van der Waals surface area contributed by atoms with Crippen LogP contribution in [0.5, 0.6) is 0 Å². The molecule has 2 N–H and O–H groups in total. The zero-order valence-corrected chi connectivity index (χ0v) is 16.7. The molecular weight excluding hydrogens is 391 g/mol. The summed E-state index contributed by atoms with van der Waals surface area (Å²) in [6, 6.07) is 4.75. The summed E-state index contributed by atoms with van der Waals surface area (Å²) in [5, 5.41) is 6.73. The molecule has 4 nitrogen and oxygen atoms in total. The second kappa shape index (κ2) is 7.25. The largest absolute Gasteiger partial charge is 0.332 e. The quantitative estimate of drug-likeness (QED) is 0.692. The van der Waals surface area contributed by atoms with Crippen molar-refractivity contribution in [1.82, 2.24) is 10.6 Å². The lowest BCUT2D eigenvalue weighted by Gasteiger charge is -2.56. The summed E-state index contributed by atoms with van der Waals surface area (Å²) in [5.41, 5.74) is -0.0947. The van der Waals surface area contributed by atoms with E-state index in [0.29, 0.717) is 10.0 Å². The Morgan fingerprint density at radius 2 is 1.69 bits per heavy atom. The van der Waals surface area contributed by atoms with Crippen molar-refractivity contribution >= 4 is 46.9 Å². The Balaban J connectivity index is 1.29. The number of amides is 3. The van der Waals surface area contributed by atoms with Crippen LogP contribution in [0.1, 0.15) is 38.5 Å². The van der Waals surface area contributed by atoms with Crippen LogP contribution in [0.25, 0.3) is 0 Å². The fourth-order valence-electron chi connectivity index (χ4n) is 5.43. The van der Waals surface area contributed by atoms with Crippen LogP contribution in [0.3, 0.4) is 0 Å². The Bertz CT molecular complexity index is 705. The fourth-order valence-corrected chi connectivity index (χ4v) is 6.72. The summed E-state index contributed by atoms with van der Waals surface area (Å²) in [7, 11) is 0. The standard InChI is InChI=1S/C19H22Cl2N2O2S/c20-14-1-2-15(21)16(6-14)26-10-17(24)22-18(25)23-19-7-11-3-12(8-19)5-13(4-11)9-19/h1-2,6,11-13H,3-5,7-10H2,(H2,22,23,24,25). The first kappa shape index (κ1) is 18.5. The van der Waals surface area contributed by atoms with E-state index in [0.717, 1.165) is 41.9 Å². The normalized spacial score (nSPS) is 31.7. The summed E-state index contributed by atoms with van der Waals surface area (Å²) in [6.45, 7) is 0. The minimum absolute atomic E-state index is 0.0947. The number of imide groups is 1. The molecule has 0 atom stereocenters. The Labute approximate surface area is 167 Å². The maximum Gasteiger partial charge on any atom is 0.321 e. The average molecular weight is 413 g/mol. The Hall–Kier alpha value is -0.910. The molecule has 0 aromatic heterocycles. The van der Waals surface area contributed by atoms with E-state index in [1.54, 1.807) is 18.2 Å². The molecule has 0 aliphatic heterocycles. The number of carbonyl (C=O) groups is 2. The van der Waals surface area contributed by atoms with Gasteiger partial charge in [0.15, 0.2) is 0 Å². The molecule has 4 saturated carbocycles. The highest BCUT2D eigenvalue weighted by Crippen LogP contribution is 2.55. The van der Waals surface area contributed by atoms with E-state index in [4.69, 9.17) is 23.2 Å². The highest BCUT2D eigenvalue weighted by atomic mass is 35.5. The van der Waals surface area contributed by atoms with Crippen molar-refractivity contribution in [1.29, 1.82) is 0 Å². The molecule has 26 heavy (non-hydrogen) atoms. The van der Waals surface area contributed by atoms with Gasteiger partial charge in [-0.15, -0.1) is 11.8 Å². The Morgan fingerprint density at radius 3 is 2.31 bits per heavy atom. The summed E-state index contributed by atoms with van der Waals surface area (Å²) < 4.78 is 0. The van der Waals surface area contributed by atoms with Gasteiger partial charge in [0.2, 0.25) is 5.91 Å². The number of hydrogen-bond donors (Lipinski definition) is 2. The zero-order valence-electron chi connectivity index (χ0n) is 14.4. The topological polar surface area (TPSA) is 58.2 Å². The maximum atomic E-state index is 12.4. The molecule has 5 rings (SSSR count). The lowest BCUT2D eigenvalue weighted by Crippen LogP contribution is -2.61. The van der Waals surface area contributed by atoms with Crippen LogP contribution in [0.4, 0.5) is 4.79 Å². The molecule has 1 aromatic carbocycles. The van der Waals surface area contributed by atoms with Crippen LogP contribution >= 0.6 is 35.0 Å². The van der Waals surface area contributed by atoms with Gasteiger partial charge in [-0.2, -0.15) is 0 Å². The SMILES string of the molecule is O=C(CSc1cc(Cl)ccc1Cl)NC(=O)NC12CC3CC(CC(C3)C1)C2. The lowest BCUT2D eigenvalue weighted by atomic mass is 9.53. The van der Waals surface area contributed by atoms with Gasteiger partial charge in [-0.3, -0.25) is 10.1 Å². The van der Waals surface area contributed by atoms with E-state index in [1.807, 2.05) is 0 Å². The molecule has 7 heteroatoms. The third-order valence-corrected chi connectivity index (χ3v) is 7.65. The third kappa shape index (κ3) is 4.00. The third-order valence-electron chi connectivity index (χ3n) is 5.92. The number of hydrogen-bond acceptors (Lipinski definition) is 3. The molecule has 1 aromatic rings. The van der Waals surface area contributed by atoms with Crippen LogP contribution < -0.4 is 10.6 Å². The number of urea groups is 1. The van der Waals surface area contributed by atoms with Gasteiger partial charge in [-0.05, 0) is 74.5 Å². The molecule has 0 heterocycles. The molecule has 0 radical (unpaired) electrons. The van der Waals surface area contributed by atoms with Gasteiger partial charge in [-0.1, -0.05) is 23.2 Å². The number of thioether (sulfide) groups is 1. The Morgan fingerprint density at radius 1 is 1.08 bits per heavy atom. The molecule has 0 unspecified atom stereocenters. The predicted molar refractivity (Wildman–Crippen MR) is 105 cm³/mol. The second-order valence-electron chi connectivity index (χ2n) is 8.06. The van der Waals surface area contributed by atoms with Crippen LogP contribution in [0.15, 0.2) is 23.1 Å². The monoisotopic (exact) mass is 412 g/mol. The van der Waals surface area contributed by atoms with Crippen molar-refractivity contribution in [2.24, 2.45) is 17.8 Å². The average Bonchev–Trinajstić information content (AvgIpc) is 2.53. The lowest BCUT2D eigenvalue weighted by molar-refractivity contribution is -0.117. The maximum absolute atomic E-state index is 12.4. The van der Waals surface area contributed by atoms with Gasteiger partial charge < -0.3 is 5.32 Å². The van der Waals surface area contributed by atoms with Crippen molar-refractivity contribution < 1.29 is 9.59 Å². The zero-order chi connectivity index (χ0) is 18.3. The molecule has 0 saturated heterocycles. The second-order valence-corrected chi connectivity index (χ2v) is 9.92. The van der Waals surface area contributed by atoms with Crippen LogP contribution in [-0.4, -0.2) is 23.2 Å². The van der Waals surface area contributed by atoms with E-state index in [-0.39, 0.29) is 23.2 Å². The van der Waals surface area contributed by atoms with Crippen molar-refractivity contribution in [3.8, 4) is 0 Å². The minimum atomic E-state index is -0.366. The fraction of sp³-hybridized carbons (Fsp3) is 0.579. The van der Waals surface area contributed by atoms with E-state index in [2.05, 4.69) is 10.6 Å². The van der Waals surface area contributed by atoms with Gasteiger partial charge in [0.25, 0.3) is 0 Å². The molecular formula is C19H22Cl2N2O2S. The summed E-state index contributed by atoms with van der Waals surface area (Å²) >= 11 is 13.3. The number of nitrogens with one attached hydrogen (secondary N) is 2. The smallest absolute Gasteiger partial charge is 0.321 e. The molecule has 4 aliphatic carbocycles. The van der Waals surface area contributed by atoms with Gasteiger partial charge >= 0.3 is 6.03 Å². The van der Waals surface area contributed by atoms with E-state index in [1.165, 1.54) is 31.0 Å². The number of rotatable bonds is 4. The van der Waals surface area contributed by atoms with E-state index < -0.39 is 0 Å². The minimum Gasteiger partial charge on any atom is -0.332 e. The summed E-state index contributed by atoms with van der Waals surface area (Å²) in [4.78, 5) is 25.2. The number of halogens is 2. The van der Waals surface area contributed by atoms with Gasteiger partial charge in [0, 0.05) is 15.5 Å². The molecule has 4 bridgehead atoms. The molecule has 4 fully saturated rings. The van der Waals surface area contributed by atoms with Crippen molar-refractivity contribution in [3.05, 3.63) is 28.2 Å². The summed E-state index contributed by atoms with van der Waals surface area (Å²) in [6.07, 6.45) is 7.14. The van der Waals surface area contributed by atoms with Crippen molar-refractivity contribution in [2.75, 3.05) is 5.75 Å². The van der Waals surface area contributed by atoms with Crippen molar-refractivity contribution in [3.63, 3.8) is 0 Å². The van der Waals surface area contributed by atoms with Crippen LogP contribution in [0.2, 0.25) is 10.0 Å². The molecule has 3 amide bonds. The highest BCUT2D eigenvalue weighted by molar-refractivity contribution is 8.00. The highest BCUT2D eigenvalue weighted by Gasteiger charge is 2.51. The van der Waals surface area contributed by atoms with Gasteiger partial charge in [-0.25, -0.2) is 4.79 Å². The Kier molecular flexibility index (Phi) is 5.15. The van der Waals surface area contributed by atoms with Crippen molar-refractivity contribution in [2.45, 2.75) is 49.0 Å². The molecule has 140 valence electrons. The van der Waals surface area contributed by atoms with E-state index >= 15 is 0 Å². The first-order valence-electron chi connectivity index (χ1n) is 9.11. The first-order valence-corrected chi connectivity index (χ1v) is 10.8. The first-order chi connectivity index (χ1) is 12.4. The van der Waals surface area contributed by atoms with E-state index in [9.17, 15) is 9.59 Å². The predicted octanol–water partition coefficient (Wildman–Crippen LogP) is 4.88. The number of carbonyl (C=O) groups excluding carboxylic acids is 2. The van der Waals surface area contributed by atoms with Crippen LogP contribution in [0, 0.1) is 17.8 Å². The molecule has 4 aliphatic rings. The van der Waals surface area contributed by atoms with Gasteiger partial charge in [0.1, 0.15) is 0 Å². The number of benzene rings is 1. The van der Waals surface area contributed by atoms with Gasteiger partial charge in [0.05, 0.1) is 10.8 Å². The molecule has 0 spiro atoms.